The highest BCUT2D eigenvalue weighted by molar-refractivity contribution is 7.07. The van der Waals surface area contributed by atoms with Crippen molar-refractivity contribution in [3.63, 3.8) is 0 Å². The molecule has 2 aliphatic heterocycles. The van der Waals surface area contributed by atoms with Gasteiger partial charge in [-0.3, -0.25) is 15.0 Å². The summed E-state index contributed by atoms with van der Waals surface area (Å²) in [6.45, 7) is 7.25. The third kappa shape index (κ3) is 4.99. The van der Waals surface area contributed by atoms with Gasteiger partial charge in [0.1, 0.15) is 8.07 Å². The third-order valence-corrected chi connectivity index (χ3v) is 12.1. The summed E-state index contributed by atoms with van der Waals surface area (Å²) in [5.74, 6) is 0.270. The zero-order valence-corrected chi connectivity index (χ0v) is 26.3. The van der Waals surface area contributed by atoms with Gasteiger partial charge in [0.2, 0.25) is 0 Å². The second-order valence-electron chi connectivity index (χ2n) is 11.9. The van der Waals surface area contributed by atoms with Crippen LogP contribution < -0.4 is 0 Å². The van der Waals surface area contributed by atoms with Crippen LogP contribution in [0.25, 0.3) is 33.4 Å². The lowest BCUT2D eigenvalue weighted by Crippen LogP contribution is -2.36. The lowest BCUT2D eigenvalue weighted by atomic mass is 9.87. The number of rotatable bonds is 6. The Morgan fingerprint density at radius 3 is 1.73 bits per heavy atom. The minimum Gasteiger partial charge on any atom is -0.255 e. The van der Waals surface area contributed by atoms with Crippen molar-refractivity contribution in [3.8, 4) is 11.4 Å². The number of allylic oxidation sites excluding steroid dienone is 4. The highest BCUT2D eigenvalue weighted by Crippen LogP contribution is 2.53. The number of hydrogen-bond donors (Lipinski definition) is 0. The number of pyridine rings is 3. The Morgan fingerprint density at radius 2 is 1.11 bits per heavy atom. The molecule has 1 unspecified atom stereocenters. The maximum atomic E-state index is 5.44. The molecule has 0 saturated carbocycles. The van der Waals surface area contributed by atoms with E-state index in [0.29, 0.717) is 0 Å². The minimum atomic E-state index is -2.42. The SMILES string of the molecule is CC1CC=C(c2ccccn2)N=C1C1=C(c2ccccc2)C(c2ccccc2)=C(c2cccc(-c3ccccn3)n2)[Si]1(C)C. The van der Waals surface area contributed by atoms with Crippen LogP contribution in [-0.2, 0) is 0 Å². The van der Waals surface area contributed by atoms with Gasteiger partial charge < -0.3 is 0 Å². The van der Waals surface area contributed by atoms with Gasteiger partial charge in [0, 0.05) is 24.0 Å². The fraction of sp³-hybridized carbons (Fsp3) is 0.128. The van der Waals surface area contributed by atoms with Gasteiger partial charge in [0.05, 0.1) is 28.5 Å². The van der Waals surface area contributed by atoms with Crippen LogP contribution in [0.2, 0.25) is 13.1 Å². The first-order chi connectivity index (χ1) is 21.5. The minimum absolute atomic E-state index is 0.270. The van der Waals surface area contributed by atoms with Gasteiger partial charge in [0.15, 0.2) is 0 Å². The van der Waals surface area contributed by atoms with E-state index >= 15 is 0 Å². The summed E-state index contributed by atoms with van der Waals surface area (Å²) in [7, 11) is -2.42. The first-order valence-electron chi connectivity index (χ1n) is 15.2. The average molecular weight is 587 g/mol. The van der Waals surface area contributed by atoms with Gasteiger partial charge >= 0.3 is 0 Å². The number of hydrogen-bond acceptors (Lipinski definition) is 4. The smallest absolute Gasteiger partial charge is 0.119 e. The molecular weight excluding hydrogens is 553 g/mol. The standard InChI is InChI=1S/C39H34N4Si/c1-27-23-24-33(31-20-11-13-26-41-31)43-37(27)39-36(29-17-8-5-9-18-29)35(28-15-6-4-7-16-28)38(44(39,2)3)34-22-14-21-32(42-34)30-19-10-12-25-40-30/h4-22,24-27H,23H2,1-3H3. The number of aliphatic imine (C=N–C) groups is 1. The van der Waals surface area contributed by atoms with Gasteiger partial charge in [-0.2, -0.15) is 0 Å². The molecule has 0 aliphatic carbocycles. The van der Waals surface area contributed by atoms with Crippen LogP contribution >= 0.6 is 0 Å². The van der Waals surface area contributed by atoms with E-state index in [1.165, 1.54) is 38.4 Å². The van der Waals surface area contributed by atoms with Crippen LogP contribution in [0.15, 0.2) is 144 Å². The summed E-state index contributed by atoms with van der Waals surface area (Å²) in [6, 6.07) is 40.1. The van der Waals surface area contributed by atoms with Crippen LogP contribution in [-0.4, -0.2) is 28.7 Å². The average Bonchev–Trinajstić information content (AvgIpc) is 3.33. The quantitative estimate of drug-likeness (QED) is 0.186. The Hall–Kier alpha value is -5.00. The van der Waals surface area contributed by atoms with E-state index < -0.39 is 8.07 Å². The van der Waals surface area contributed by atoms with E-state index in [2.05, 4.69) is 121 Å². The summed E-state index contributed by atoms with van der Waals surface area (Å²) in [5, 5.41) is 2.72. The van der Waals surface area contributed by atoms with Crippen molar-refractivity contribution >= 4 is 35.8 Å². The van der Waals surface area contributed by atoms with Crippen molar-refractivity contribution in [2.24, 2.45) is 10.9 Å². The predicted molar refractivity (Wildman–Crippen MR) is 185 cm³/mol. The van der Waals surface area contributed by atoms with E-state index in [-0.39, 0.29) is 5.92 Å². The van der Waals surface area contributed by atoms with E-state index in [0.717, 1.165) is 34.9 Å². The maximum absolute atomic E-state index is 5.44. The second-order valence-corrected chi connectivity index (χ2v) is 16.2. The van der Waals surface area contributed by atoms with Gasteiger partial charge in [-0.15, -0.1) is 0 Å². The summed E-state index contributed by atoms with van der Waals surface area (Å²) in [5.41, 5.74) is 10.8. The molecule has 44 heavy (non-hydrogen) atoms. The molecule has 1 atom stereocenters. The van der Waals surface area contributed by atoms with E-state index in [1.807, 2.05) is 42.7 Å². The van der Waals surface area contributed by atoms with Crippen LogP contribution in [0.3, 0.4) is 0 Å². The highest BCUT2D eigenvalue weighted by Gasteiger charge is 2.46. The summed E-state index contributed by atoms with van der Waals surface area (Å²) < 4.78 is 0. The predicted octanol–water partition coefficient (Wildman–Crippen LogP) is 9.23. The van der Waals surface area contributed by atoms with E-state index in [9.17, 15) is 0 Å². The van der Waals surface area contributed by atoms with Gasteiger partial charge in [-0.25, -0.2) is 4.98 Å². The number of benzene rings is 2. The second kappa shape index (κ2) is 11.6. The van der Waals surface area contributed by atoms with Gasteiger partial charge in [0.25, 0.3) is 0 Å². The lowest BCUT2D eigenvalue weighted by Gasteiger charge is -2.30. The first-order valence-corrected chi connectivity index (χ1v) is 18.2. The molecule has 0 amide bonds. The Kier molecular flexibility index (Phi) is 7.32. The first kappa shape index (κ1) is 27.8. The van der Waals surface area contributed by atoms with Crippen LogP contribution in [0.4, 0.5) is 0 Å². The van der Waals surface area contributed by atoms with Gasteiger partial charge in [-0.05, 0) is 75.5 Å². The number of aromatic nitrogens is 3. The molecule has 0 bridgehead atoms. The fourth-order valence-electron chi connectivity index (χ4n) is 6.58. The molecule has 0 spiro atoms. The van der Waals surface area contributed by atoms with Crippen molar-refractivity contribution in [3.05, 3.63) is 161 Å². The van der Waals surface area contributed by atoms with Crippen molar-refractivity contribution in [2.75, 3.05) is 0 Å². The van der Waals surface area contributed by atoms with Crippen LogP contribution in [0, 0.1) is 5.92 Å². The molecule has 214 valence electrons. The monoisotopic (exact) mass is 586 g/mol. The summed E-state index contributed by atoms with van der Waals surface area (Å²) in [4.78, 5) is 20.0. The van der Waals surface area contributed by atoms with Crippen LogP contribution in [0.1, 0.15) is 35.9 Å². The van der Waals surface area contributed by atoms with Crippen molar-refractivity contribution in [1.82, 2.24) is 15.0 Å². The normalized spacial score (nSPS) is 17.8. The summed E-state index contributed by atoms with van der Waals surface area (Å²) >= 11 is 0. The van der Waals surface area contributed by atoms with Crippen molar-refractivity contribution < 1.29 is 0 Å². The molecule has 5 heterocycles. The van der Waals surface area contributed by atoms with Crippen molar-refractivity contribution in [2.45, 2.75) is 26.4 Å². The molecule has 0 radical (unpaired) electrons. The molecule has 4 nitrogen and oxygen atoms in total. The highest BCUT2D eigenvalue weighted by atomic mass is 28.3. The van der Waals surface area contributed by atoms with E-state index in [1.54, 1.807) is 0 Å². The molecule has 0 saturated heterocycles. The Balaban J connectivity index is 1.52. The Bertz CT molecular complexity index is 1940. The molecule has 0 fully saturated rings. The number of nitrogens with zero attached hydrogens (tertiary/aromatic N) is 4. The third-order valence-electron chi connectivity index (χ3n) is 8.61. The Labute approximate surface area is 260 Å². The van der Waals surface area contributed by atoms with Crippen LogP contribution in [0.5, 0.6) is 0 Å². The molecule has 0 N–H and O–H groups in total. The van der Waals surface area contributed by atoms with E-state index in [4.69, 9.17) is 9.98 Å². The molecule has 2 aromatic carbocycles. The van der Waals surface area contributed by atoms with Crippen molar-refractivity contribution in [1.29, 1.82) is 0 Å². The fourth-order valence-corrected chi connectivity index (χ4v) is 10.3. The molecular formula is C39H34N4Si. The molecule has 5 heteroatoms. The lowest BCUT2D eigenvalue weighted by molar-refractivity contribution is 0.782. The molecule has 5 aromatic rings. The zero-order valence-electron chi connectivity index (χ0n) is 25.3. The van der Waals surface area contributed by atoms with Gasteiger partial charge in [-0.1, -0.05) is 105 Å². The summed E-state index contributed by atoms with van der Waals surface area (Å²) in [6.07, 6.45) is 6.84. The molecule has 3 aromatic heterocycles. The zero-order chi connectivity index (χ0) is 30.1. The molecule has 7 rings (SSSR count). The molecule has 2 aliphatic rings. The Morgan fingerprint density at radius 1 is 0.568 bits per heavy atom. The maximum Gasteiger partial charge on any atom is 0.119 e. The largest absolute Gasteiger partial charge is 0.255 e. The topological polar surface area (TPSA) is 51.0 Å².